The predicted molar refractivity (Wildman–Crippen MR) is 281 cm³/mol. The van der Waals surface area contributed by atoms with E-state index in [1.54, 1.807) is 44.9 Å². The number of anilines is 2. The molecule has 25 heteroatoms. The Morgan fingerprint density at radius 2 is 1.71 bits per heavy atom. The number of amides is 4. The molecule has 2 saturated heterocycles. The summed E-state index contributed by atoms with van der Waals surface area (Å²) >= 11 is 22.9. The number of carbonyl (C=O) groups excluding carboxylic acids is 4. The van der Waals surface area contributed by atoms with Crippen LogP contribution < -0.4 is 24.7 Å². The predicted octanol–water partition coefficient (Wildman–Crippen LogP) is 9.08. The van der Waals surface area contributed by atoms with Crippen molar-refractivity contribution in [3.8, 4) is 5.75 Å². The molecule has 18 nitrogen and oxygen atoms in total. The van der Waals surface area contributed by atoms with Crippen molar-refractivity contribution in [2.75, 3.05) is 67.2 Å². The molecule has 1 aromatic heterocycles. The summed E-state index contributed by atoms with van der Waals surface area (Å²) in [6.07, 6.45) is 11.0. The van der Waals surface area contributed by atoms with Gasteiger partial charge in [-0.1, -0.05) is 59.9 Å². The summed E-state index contributed by atoms with van der Waals surface area (Å²) in [7, 11) is -3.71. The number of nitrogens with one attached hydrogen (secondary N) is 1. The highest BCUT2D eigenvalue weighted by Crippen LogP contribution is 2.39. The van der Waals surface area contributed by atoms with E-state index in [4.69, 9.17) is 79.8 Å². The fourth-order valence-corrected chi connectivity index (χ4v) is 7.96. The van der Waals surface area contributed by atoms with Gasteiger partial charge in [0, 0.05) is 12.7 Å². The van der Waals surface area contributed by atoms with Gasteiger partial charge < -0.3 is 47.7 Å². The SMILES string of the molecule is CC(C)=C1OC(=O)N(c2cc(OC3CCCC3)c(Cl)cc2F)C1=O.CC1(C)OC(c2ccco2)CN1C(=O)C(Cl)Cl.CCOCN(C(=O)CCl)c1c(C)cccc1CC.C[S+](C)C.O=C(O)CNCP(=O)([O-])O. The molecule has 2 aliphatic heterocycles. The Bertz CT molecular complexity index is 2380. The molecule has 3 fully saturated rings. The minimum absolute atomic E-state index is 0.00962. The number of carboxylic acids is 1. The number of halogens is 5. The molecule has 2 atom stereocenters. The van der Waals surface area contributed by atoms with Crippen LogP contribution in [0.25, 0.3) is 0 Å². The lowest BCUT2D eigenvalue weighted by atomic mass is 10.0. The van der Waals surface area contributed by atoms with Crippen LogP contribution in [0.15, 0.2) is 64.5 Å². The summed E-state index contributed by atoms with van der Waals surface area (Å²) in [6.45, 7) is 13.6. The van der Waals surface area contributed by atoms with E-state index in [1.807, 2.05) is 43.4 Å². The van der Waals surface area contributed by atoms with Crippen LogP contribution in [0.1, 0.15) is 90.2 Å². The maximum absolute atomic E-state index is 14.3. The molecule has 73 heavy (non-hydrogen) atoms. The Balaban J connectivity index is 0.000000337. The molecular weight excluding hydrogens is 1080 g/mol. The Morgan fingerprint density at radius 1 is 1.08 bits per heavy atom. The average molecular weight is 1150 g/mol. The third-order valence-corrected chi connectivity index (χ3v) is 11.7. The van der Waals surface area contributed by atoms with Gasteiger partial charge in [0.2, 0.25) is 5.91 Å². The van der Waals surface area contributed by atoms with Crippen molar-refractivity contribution in [1.82, 2.24) is 10.2 Å². The number of nitrogens with zero attached hydrogens (tertiary/aromatic N) is 3. The highest BCUT2D eigenvalue weighted by molar-refractivity contribution is 7.94. The minimum atomic E-state index is -4.35. The van der Waals surface area contributed by atoms with Gasteiger partial charge in [-0.15, -0.1) is 11.6 Å². The van der Waals surface area contributed by atoms with E-state index >= 15 is 0 Å². The summed E-state index contributed by atoms with van der Waals surface area (Å²) < 4.78 is 51.4. The second kappa shape index (κ2) is 31.2. The van der Waals surface area contributed by atoms with E-state index in [0.29, 0.717) is 40.3 Å². The maximum Gasteiger partial charge on any atom is 0.427 e. The van der Waals surface area contributed by atoms with Crippen LogP contribution in [-0.2, 0) is 55.3 Å². The van der Waals surface area contributed by atoms with Gasteiger partial charge in [0.05, 0.1) is 66.9 Å². The van der Waals surface area contributed by atoms with Crippen LogP contribution in [0.3, 0.4) is 0 Å². The molecule has 2 unspecified atom stereocenters. The lowest BCUT2D eigenvalue weighted by Crippen LogP contribution is -2.45. The number of carboxylic acid groups (broad SMARTS) is 1. The Hall–Kier alpha value is -3.92. The summed E-state index contributed by atoms with van der Waals surface area (Å²) in [5.74, 6) is -2.33. The fraction of sp³-hybridized carbons (Fsp3) is 0.521. The van der Waals surface area contributed by atoms with E-state index in [0.717, 1.165) is 55.0 Å². The van der Waals surface area contributed by atoms with Crippen molar-refractivity contribution in [2.45, 2.75) is 103 Å². The van der Waals surface area contributed by atoms with Crippen LogP contribution in [0.5, 0.6) is 5.75 Å². The van der Waals surface area contributed by atoms with E-state index in [-0.39, 0.29) is 58.9 Å². The number of aryl methyl sites for hydroxylation is 2. The zero-order valence-corrected chi connectivity index (χ0v) is 47.2. The third kappa shape index (κ3) is 21.3. The molecule has 3 aromatic rings. The van der Waals surface area contributed by atoms with Crippen LogP contribution in [0.2, 0.25) is 5.02 Å². The molecule has 3 aliphatic rings. The highest BCUT2D eigenvalue weighted by Gasteiger charge is 2.45. The Kier molecular flexibility index (Phi) is 27.9. The van der Waals surface area contributed by atoms with Crippen molar-refractivity contribution in [3.63, 3.8) is 0 Å². The van der Waals surface area contributed by atoms with Crippen molar-refractivity contribution in [2.24, 2.45) is 0 Å². The van der Waals surface area contributed by atoms with Gasteiger partial charge in [0.25, 0.3) is 5.91 Å². The number of para-hydroxylation sites is 1. The lowest BCUT2D eigenvalue weighted by molar-refractivity contribution is -0.193. The van der Waals surface area contributed by atoms with Gasteiger partial charge in [0.15, 0.2) is 10.6 Å². The van der Waals surface area contributed by atoms with Gasteiger partial charge in [-0.05, 0) is 119 Å². The number of rotatable bonds is 15. The molecule has 3 N–H and O–H groups in total. The van der Waals surface area contributed by atoms with Gasteiger partial charge in [-0.2, -0.15) is 0 Å². The number of aliphatic carboxylic acids is 1. The number of hydrogen-bond donors (Lipinski definition) is 3. The van der Waals surface area contributed by atoms with Crippen LogP contribution >= 0.6 is 54.0 Å². The molecule has 4 amide bonds. The monoisotopic (exact) mass is 1140 g/mol. The standard InChI is InChI=1S/C17H17ClFNO4.C14H20ClNO2.C11H13Cl2NO3.C3H8NO5P.C3H9S/c1-9(2)15-16(21)20(17(22)24-15)13-8-14(11(18)7-12(13)19)23-10-5-3-4-6-10;1-4-12-8-6-7-11(3)14(12)16(10-18-5-2)13(17)9-15;1-11(2)14(10(15)9(12)13)6-8(17-11)7-4-3-5-16-7;5-3(6)1-4-2-10(7,8)9;1-4(2)3/h7-8,10H,3-6H2,1-2H3;6-8H,4-5,9-10H2,1-3H3;3-5,8-9H,6H2,1-2H3;4H,1-2H2,(H,5,6)(H2,7,8,9);1-3H3/q;;;;+1/p-1. The third-order valence-electron chi connectivity index (χ3n) is 10.2. The molecule has 408 valence electrons. The highest BCUT2D eigenvalue weighted by atomic mass is 35.5. The number of carbonyl (C=O) groups is 5. The lowest BCUT2D eigenvalue weighted by Gasteiger charge is -2.29. The number of imide groups is 1. The maximum atomic E-state index is 14.3. The zero-order chi connectivity index (χ0) is 55.4. The van der Waals surface area contributed by atoms with E-state index in [2.05, 4.69) is 25.7 Å². The Labute approximate surface area is 449 Å². The van der Waals surface area contributed by atoms with E-state index < -0.39 is 54.8 Å². The van der Waals surface area contributed by atoms with E-state index in [1.165, 1.54) is 11.0 Å². The quantitative estimate of drug-likeness (QED) is 0.0423. The molecule has 6 rings (SSSR count). The largest absolute Gasteiger partial charge is 0.778 e. The summed E-state index contributed by atoms with van der Waals surface area (Å²) in [5, 5.41) is 10.1. The molecule has 0 radical (unpaired) electrons. The first-order chi connectivity index (χ1) is 34.1. The minimum Gasteiger partial charge on any atom is -0.778 e. The van der Waals surface area contributed by atoms with Crippen LogP contribution in [0.4, 0.5) is 20.6 Å². The number of benzene rings is 2. The number of furan rings is 1. The molecule has 1 aliphatic carbocycles. The average Bonchev–Trinajstić information content (AvgIpc) is 4.13. The second-order valence-corrected chi connectivity index (χ2v) is 23.1. The first kappa shape index (κ1) is 65.2. The van der Waals surface area contributed by atoms with Gasteiger partial charge >= 0.3 is 18.0 Å². The number of alkyl halides is 3. The smallest absolute Gasteiger partial charge is 0.427 e. The number of allylic oxidation sites excluding steroid dienone is 1. The summed E-state index contributed by atoms with van der Waals surface area (Å²) in [5.41, 5.74) is 2.70. The van der Waals surface area contributed by atoms with E-state index in [9.17, 15) is 37.8 Å². The molecule has 1 saturated carbocycles. The van der Waals surface area contributed by atoms with Crippen molar-refractivity contribution in [1.29, 1.82) is 0 Å². The summed E-state index contributed by atoms with van der Waals surface area (Å²) in [4.78, 5) is 78.6. The molecule has 3 heterocycles. The Morgan fingerprint density at radius 3 is 2.21 bits per heavy atom. The molecule has 0 spiro atoms. The van der Waals surface area contributed by atoms with Gasteiger partial charge in [-0.3, -0.25) is 29.4 Å². The van der Waals surface area contributed by atoms with Crippen LogP contribution in [-0.4, -0.2) is 119 Å². The van der Waals surface area contributed by atoms with Crippen molar-refractivity contribution < 1.29 is 71.2 Å². The normalized spacial score (nSPS) is 16.8. The van der Waals surface area contributed by atoms with Crippen LogP contribution in [0, 0.1) is 12.7 Å². The van der Waals surface area contributed by atoms with Gasteiger partial charge in [-0.25, -0.2) is 14.1 Å². The topological polar surface area (TPSA) is 238 Å². The fourth-order valence-electron chi connectivity index (χ4n) is 6.99. The molecular formula is C48H66Cl4FN4O14PS. The van der Waals surface area contributed by atoms with Gasteiger partial charge in [0.1, 0.15) is 49.4 Å². The second-order valence-electron chi connectivity index (χ2n) is 17.3. The molecule has 0 bridgehead atoms. The first-order valence-electron chi connectivity index (χ1n) is 22.8. The molecule has 2 aromatic carbocycles. The number of cyclic esters (lactones) is 1. The van der Waals surface area contributed by atoms with Crippen molar-refractivity contribution in [3.05, 3.63) is 87.8 Å². The number of hydrogen-bond acceptors (Lipinski definition) is 13. The van der Waals surface area contributed by atoms with Crippen molar-refractivity contribution >= 4 is 106 Å². The number of ether oxygens (including phenoxy) is 4. The summed E-state index contributed by atoms with van der Waals surface area (Å²) in [6, 6.07) is 11.9. The zero-order valence-electron chi connectivity index (χ0n) is 42.5. The first-order valence-corrected chi connectivity index (χ1v) is 28.8.